The average Bonchev–Trinajstić information content (AvgIpc) is 3.14. The molecular formula is C30H50F2N2O4Si2. The van der Waals surface area contributed by atoms with Gasteiger partial charge in [0.2, 0.25) is 5.91 Å². The first-order chi connectivity index (χ1) is 18.2. The Morgan fingerprint density at radius 2 is 1.45 bits per heavy atom. The van der Waals surface area contributed by atoms with E-state index in [4.69, 9.17) is 8.85 Å². The van der Waals surface area contributed by atoms with Crippen LogP contribution >= 0.6 is 0 Å². The van der Waals surface area contributed by atoms with E-state index in [2.05, 4.69) is 73.0 Å². The molecule has 40 heavy (non-hydrogen) atoms. The fourth-order valence-corrected chi connectivity index (χ4v) is 7.59. The van der Waals surface area contributed by atoms with Crippen LogP contribution in [-0.4, -0.2) is 64.2 Å². The van der Waals surface area contributed by atoms with Crippen LogP contribution in [-0.2, 0) is 13.6 Å². The van der Waals surface area contributed by atoms with Gasteiger partial charge in [0.15, 0.2) is 16.6 Å². The van der Waals surface area contributed by atoms with Crippen LogP contribution in [0.4, 0.5) is 8.78 Å². The molecule has 1 heterocycles. The summed E-state index contributed by atoms with van der Waals surface area (Å²) in [5.41, 5.74) is -0.268. The van der Waals surface area contributed by atoms with Crippen LogP contribution in [0.15, 0.2) is 18.2 Å². The van der Waals surface area contributed by atoms with Gasteiger partial charge >= 0.3 is 0 Å². The number of nitrogens with zero attached hydrogens (tertiary/aromatic N) is 1. The SMILES string of the molecule is CC(C)(C)[Si](C)(C)O[C@H]1CN(C(=O)c2ccc(F)cc2F)C(C(=O)NC2CCCCC2)[C@@H]1O[Si](C)(C)C(C)(C)C. The predicted octanol–water partition coefficient (Wildman–Crippen LogP) is 7.02. The van der Waals surface area contributed by atoms with Gasteiger partial charge in [-0.15, -0.1) is 0 Å². The minimum atomic E-state index is -2.44. The summed E-state index contributed by atoms with van der Waals surface area (Å²) in [6.07, 6.45) is 3.72. The van der Waals surface area contributed by atoms with Crippen molar-refractivity contribution in [2.75, 3.05) is 6.54 Å². The second-order valence-corrected chi connectivity index (χ2v) is 24.1. The van der Waals surface area contributed by atoms with E-state index in [0.29, 0.717) is 6.07 Å². The lowest BCUT2D eigenvalue weighted by molar-refractivity contribution is -0.128. The number of amides is 2. The molecule has 1 unspecified atom stereocenters. The van der Waals surface area contributed by atoms with Crippen molar-refractivity contribution in [1.82, 2.24) is 10.2 Å². The molecule has 0 spiro atoms. The molecule has 10 heteroatoms. The number of rotatable bonds is 7. The highest BCUT2D eigenvalue weighted by molar-refractivity contribution is 6.74. The van der Waals surface area contributed by atoms with Crippen LogP contribution in [0.1, 0.15) is 84.0 Å². The summed E-state index contributed by atoms with van der Waals surface area (Å²) >= 11 is 0. The molecule has 6 nitrogen and oxygen atoms in total. The summed E-state index contributed by atoms with van der Waals surface area (Å²) in [6.45, 7) is 21.4. The van der Waals surface area contributed by atoms with Crippen molar-refractivity contribution in [3.8, 4) is 0 Å². The molecule has 1 aliphatic heterocycles. The van der Waals surface area contributed by atoms with Crippen molar-refractivity contribution in [2.24, 2.45) is 0 Å². The summed E-state index contributed by atoms with van der Waals surface area (Å²) < 4.78 is 42.4. The molecule has 1 aromatic rings. The Balaban J connectivity index is 2.09. The largest absolute Gasteiger partial charge is 0.409 e. The van der Waals surface area contributed by atoms with Crippen molar-refractivity contribution < 1.29 is 27.2 Å². The Morgan fingerprint density at radius 1 is 0.900 bits per heavy atom. The fourth-order valence-electron chi connectivity index (χ4n) is 4.96. The van der Waals surface area contributed by atoms with Gasteiger partial charge in [-0.2, -0.15) is 0 Å². The number of likely N-dealkylation sites (tertiary alicyclic amines) is 1. The zero-order chi connectivity index (χ0) is 30.3. The van der Waals surface area contributed by atoms with E-state index in [0.717, 1.165) is 44.2 Å². The highest BCUT2D eigenvalue weighted by Crippen LogP contribution is 2.43. The van der Waals surface area contributed by atoms with E-state index in [1.54, 1.807) is 0 Å². The quantitative estimate of drug-likeness (QED) is 0.344. The van der Waals surface area contributed by atoms with Crippen LogP contribution in [0.2, 0.25) is 36.3 Å². The average molecular weight is 597 g/mol. The normalized spacial score (nSPS) is 23.4. The molecule has 2 aliphatic rings. The topological polar surface area (TPSA) is 67.9 Å². The maximum atomic E-state index is 14.9. The number of benzene rings is 1. The van der Waals surface area contributed by atoms with Crippen molar-refractivity contribution >= 4 is 28.4 Å². The molecule has 1 N–H and O–H groups in total. The van der Waals surface area contributed by atoms with Crippen molar-refractivity contribution in [3.05, 3.63) is 35.4 Å². The standard InChI is InChI=1S/C30H50F2N2O4Si2/c1-29(2,3)39(7,8)37-24-19-34(28(36)22-17-16-20(31)18-23(22)32)25(26(24)38-40(9,10)30(4,5)6)27(35)33-21-14-12-11-13-15-21/h16-18,21,24-26H,11-15,19H2,1-10H3,(H,33,35)/t24-,25?,26+/m0/s1. The molecule has 3 atom stereocenters. The molecule has 226 valence electrons. The highest BCUT2D eigenvalue weighted by atomic mass is 28.4. The van der Waals surface area contributed by atoms with Crippen LogP contribution < -0.4 is 5.32 Å². The molecule has 0 radical (unpaired) electrons. The third-order valence-electron chi connectivity index (χ3n) is 9.52. The zero-order valence-corrected chi connectivity index (χ0v) is 28.1. The second-order valence-electron chi connectivity index (χ2n) is 14.6. The predicted molar refractivity (Wildman–Crippen MR) is 160 cm³/mol. The maximum absolute atomic E-state index is 14.9. The summed E-state index contributed by atoms with van der Waals surface area (Å²) in [4.78, 5) is 29.4. The Labute approximate surface area is 241 Å². The van der Waals surface area contributed by atoms with Crippen LogP contribution in [0.5, 0.6) is 0 Å². The van der Waals surface area contributed by atoms with E-state index in [-0.39, 0.29) is 34.1 Å². The molecule has 1 saturated carbocycles. The van der Waals surface area contributed by atoms with Gasteiger partial charge in [0.05, 0.1) is 11.7 Å². The van der Waals surface area contributed by atoms with Crippen molar-refractivity contribution in [1.29, 1.82) is 0 Å². The van der Waals surface area contributed by atoms with Gasteiger partial charge in [-0.05, 0) is 61.2 Å². The van der Waals surface area contributed by atoms with Gasteiger partial charge in [-0.1, -0.05) is 60.8 Å². The van der Waals surface area contributed by atoms with Crippen LogP contribution in [0, 0.1) is 11.6 Å². The Hall–Kier alpha value is -1.63. The van der Waals surface area contributed by atoms with Crippen LogP contribution in [0.25, 0.3) is 0 Å². The monoisotopic (exact) mass is 596 g/mol. The van der Waals surface area contributed by atoms with Gasteiger partial charge in [-0.3, -0.25) is 9.59 Å². The van der Waals surface area contributed by atoms with Crippen molar-refractivity contribution in [3.63, 3.8) is 0 Å². The summed E-state index contributed by atoms with van der Waals surface area (Å²) in [5.74, 6) is -2.67. The van der Waals surface area contributed by atoms with E-state index in [9.17, 15) is 18.4 Å². The first-order valence-electron chi connectivity index (χ1n) is 14.7. The third-order valence-corrected chi connectivity index (χ3v) is 18.5. The lowest BCUT2D eigenvalue weighted by Crippen LogP contribution is -2.57. The molecular weight excluding hydrogens is 547 g/mol. The van der Waals surface area contributed by atoms with Gasteiger partial charge in [0.25, 0.3) is 5.91 Å². The highest BCUT2D eigenvalue weighted by Gasteiger charge is 2.55. The number of halogens is 2. The molecule has 0 aromatic heterocycles. The van der Waals surface area contributed by atoms with Gasteiger partial charge in [0.1, 0.15) is 23.8 Å². The molecule has 1 aromatic carbocycles. The summed E-state index contributed by atoms with van der Waals surface area (Å²) in [6, 6.07) is 1.94. The first kappa shape index (κ1) is 32.9. The van der Waals surface area contributed by atoms with E-state index < -0.39 is 52.4 Å². The zero-order valence-electron chi connectivity index (χ0n) is 26.1. The number of carbonyl (C=O) groups excluding carboxylic acids is 2. The lowest BCUT2D eigenvalue weighted by atomic mass is 9.95. The lowest BCUT2D eigenvalue weighted by Gasteiger charge is -2.43. The molecule has 2 amide bonds. The van der Waals surface area contributed by atoms with E-state index in [1.807, 2.05) is 0 Å². The minimum Gasteiger partial charge on any atom is -0.409 e. The number of hydrogen-bond donors (Lipinski definition) is 1. The Bertz CT molecular complexity index is 1080. The fraction of sp³-hybridized carbons (Fsp3) is 0.733. The van der Waals surface area contributed by atoms with E-state index in [1.165, 1.54) is 4.90 Å². The minimum absolute atomic E-state index is 0.0228. The second kappa shape index (κ2) is 11.9. The van der Waals surface area contributed by atoms with E-state index >= 15 is 0 Å². The molecule has 3 rings (SSSR count). The third kappa shape index (κ3) is 7.22. The van der Waals surface area contributed by atoms with Crippen LogP contribution in [0.3, 0.4) is 0 Å². The number of nitrogens with one attached hydrogen (secondary N) is 1. The molecule has 0 bridgehead atoms. The molecule has 1 aliphatic carbocycles. The van der Waals surface area contributed by atoms with Crippen molar-refractivity contribution in [2.45, 2.75) is 134 Å². The van der Waals surface area contributed by atoms with Gasteiger partial charge in [-0.25, -0.2) is 8.78 Å². The summed E-state index contributed by atoms with van der Waals surface area (Å²) in [5, 5.41) is 2.92. The Morgan fingerprint density at radius 3 is 1.98 bits per heavy atom. The molecule has 1 saturated heterocycles. The van der Waals surface area contributed by atoms with Gasteiger partial charge in [0, 0.05) is 18.7 Å². The molecule has 2 fully saturated rings. The Kier molecular flexibility index (Phi) is 9.81. The smallest absolute Gasteiger partial charge is 0.257 e. The summed E-state index contributed by atoms with van der Waals surface area (Å²) in [7, 11) is -4.80. The number of carbonyl (C=O) groups is 2. The number of hydrogen-bond acceptors (Lipinski definition) is 4. The van der Waals surface area contributed by atoms with Gasteiger partial charge < -0.3 is 19.1 Å². The first-order valence-corrected chi connectivity index (χ1v) is 20.5. The maximum Gasteiger partial charge on any atom is 0.257 e.